The topological polar surface area (TPSA) is 52.6 Å². The van der Waals surface area contributed by atoms with Crippen LogP contribution >= 0.6 is 11.3 Å². The number of hydrogen-bond donors (Lipinski definition) is 2. The molecule has 6 heteroatoms. The summed E-state index contributed by atoms with van der Waals surface area (Å²) in [5, 5.41) is 8.30. The first kappa shape index (κ1) is 20.6. The largest absolute Gasteiger partial charge is 0.356 e. The van der Waals surface area contributed by atoms with E-state index in [1.165, 1.54) is 74.5 Å². The van der Waals surface area contributed by atoms with Gasteiger partial charge in [-0.05, 0) is 38.0 Å². The van der Waals surface area contributed by atoms with Crippen molar-refractivity contribution >= 4 is 17.3 Å². The summed E-state index contributed by atoms with van der Waals surface area (Å²) in [6.07, 6.45) is 13.8. The lowest BCUT2D eigenvalue weighted by Gasteiger charge is -2.36. The molecule has 2 heterocycles. The van der Waals surface area contributed by atoms with Crippen molar-refractivity contribution in [1.82, 2.24) is 20.5 Å². The number of aliphatic imine (C=N–C) groups is 1. The molecule has 0 spiro atoms. The minimum Gasteiger partial charge on any atom is -0.356 e. The zero-order valence-electron chi connectivity index (χ0n) is 17.2. The Morgan fingerprint density at radius 1 is 1.22 bits per heavy atom. The van der Waals surface area contributed by atoms with Gasteiger partial charge in [0.15, 0.2) is 5.96 Å². The molecule has 2 aliphatic rings. The van der Waals surface area contributed by atoms with Gasteiger partial charge in [-0.2, -0.15) is 0 Å². The molecule has 1 saturated heterocycles. The minimum atomic E-state index is 0.547. The number of hydrogen-bond acceptors (Lipinski definition) is 4. The van der Waals surface area contributed by atoms with E-state index in [1.807, 2.05) is 24.6 Å². The molecule has 1 aliphatic heterocycles. The van der Waals surface area contributed by atoms with Crippen LogP contribution in [0.3, 0.4) is 0 Å². The Labute approximate surface area is 169 Å². The van der Waals surface area contributed by atoms with E-state index >= 15 is 0 Å². The van der Waals surface area contributed by atoms with E-state index in [2.05, 4.69) is 32.4 Å². The summed E-state index contributed by atoms with van der Waals surface area (Å²) >= 11 is 1.83. The highest BCUT2D eigenvalue weighted by molar-refractivity contribution is 7.11. The maximum Gasteiger partial charge on any atom is 0.191 e. The van der Waals surface area contributed by atoms with Crippen molar-refractivity contribution in [3.63, 3.8) is 0 Å². The third-order valence-electron chi connectivity index (χ3n) is 5.97. The summed E-state index contributed by atoms with van der Waals surface area (Å²) in [6.45, 7) is 6.85. The zero-order valence-corrected chi connectivity index (χ0v) is 18.0. The number of nitrogens with zero attached hydrogens (tertiary/aromatic N) is 3. The maximum atomic E-state index is 4.49. The number of guanidine groups is 1. The normalized spacial score (nSPS) is 20.7. The van der Waals surface area contributed by atoms with Gasteiger partial charge in [0.1, 0.15) is 0 Å². The summed E-state index contributed by atoms with van der Waals surface area (Å²) in [5.41, 5.74) is 0. The van der Waals surface area contributed by atoms with E-state index in [1.54, 1.807) is 0 Å². The molecular weight excluding hydrogens is 354 g/mol. The van der Waals surface area contributed by atoms with Crippen LogP contribution < -0.4 is 10.6 Å². The first-order valence-electron chi connectivity index (χ1n) is 10.9. The molecular formula is C21H37N5S. The Kier molecular flexibility index (Phi) is 8.39. The number of nitrogens with one attached hydrogen (secondary N) is 2. The van der Waals surface area contributed by atoms with Crippen LogP contribution in [0.1, 0.15) is 61.8 Å². The van der Waals surface area contributed by atoms with Crippen LogP contribution in [-0.2, 0) is 12.8 Å². The fourth-order valence-electron chi connectivity index (χ4n) is 4.30. The standard InChI is InChI=1S/C21H37N5S/c1-3-19-15-24-20(27-19)9-12-23-21(22-2)25-18-10-13-26(14-11-18)16-17-7-5-4-6-8-17/h15,17-18H,3-14,16H2,1-2H3,(H2,22,23,25). The summed E-state index contributed by atoms with van der Waals surface area (Å²) in [7, 11) is 1.87. The van der Waals surface area contributed by atoms with E-state index in [4.69, 9.17) is 0 Å². The van der Waals surface area contributed by atoms with Crippen LogP contribution in [0.4, 0.5) is 0 Å². The smallest absolute Gasteiger partial charge is 0.191 e. The molecule has 27 heavy (non-hydrogen) atoms. The highest BCUT2D eigenvalue weighted by atomic mass is 32.1. The SMILES string of the molecule is CCc1cnc(CCNC(=NC)NC2CCN(CC3CCCCC3)CC2)s1. The molecule has 2 fully saturated rings. The lowest BCUT2D eigenvalue weighted by atomic mass is 9.88. The predicted octanol–water partition coefficient (Wildman–Crippen LogP) is 3.46. The Morgan fingerprint density at radius 2 is 2.00 bits per heavy atom. The summed E-state index contributed by atoms with van der Waals surface area (Å²) in [5.74, 6) is 1.89. The molecule has 1 saturated carbocycles. The zero-order chi connectivity index (χ0) is 18.9. The van der Waals surface area contributed by atoms with Crippen molar-refractivity contribution in [2.45, 2.75) is 70.8 Å². The fraction of sp³-hybridized carbons (Fsp3) is 0.810. The number of aryl methyl sites for hydroxylation is 1. The first-order chi connectivity index (χ1) is 13.3. The molecule has 1 aromatic rings. The van der Waals surface area contributed by atoms with E-state index in [9.17, 15) is 0 Å². The van der Waals surface area contributed by atoms with Gasteiger partial charge in [0, 0.05) is 56.8 Å². The minimum absolute atomic E-state index is 0.547. The molecule has 0 amide bonds. The van der Waals surface area contributed by atoms with Crippen molar-refractivity contribution in [2.75, 3.05) is 33.2 Å². The quantitative estimate of drug-likeness (QED) is 0.552. The second-order valence-corrected chi connectivity index (χ2v) is 9.25. The van der Waals surface area contributed by atoms with Gasteiger partial charge >= 0.3 is 0 Å². The summed E-state index contributed by atoms with van der Waals surface area (Å²) in [6, 6.07) is 0.547. The molecule has 0 atom stereocenters. The van der Waals surface area contributed by atoms with E-state index < -0.39 is 0 Å². The van der Waals surface area contributed by atoms with Crippen LogP contribution in [0.15, 0.2) is 11.2 Å². The Morgan fingerprint density at radius 3 is 2.67 bits per heavy atom. The number of rotatable bonds is 7. The van der Waals surface area contributed by atoms with Gasteiger partial charge < -0.3 is 15.5 Å². The Hall–Kier alpha value is -1.14. The molecule has 152 valence electrons. The first-order valence-corrected chi connectivity index (χ1v) is 11.7. The fourth-order valence-corrected chi connectivity index (χ4v) is 5.16. The summed E-state index contributed by atoms with van der Waals surface area (Å²) < 4.78 is 0. The van der Waals surface area contributed by atoms with Gasteiger partial charge in [-0.15, -0.1) is 11.3 Å². The molecule has 0 radical (unpaired) electrons. The Bertz CT molecular complexity index is 571. The molecule has 5 nitrogen and oxygen atoms in total. The van der Waals surface area contributed by atoms with Crippen molar-refractivity contribution in [1.29, 1.82) is 0 Å². The highest BCUT2D eigenvalue weighted by Gasteiger charge is 2.23. The van der Waals surface area contributed by atoms with Gasteiger partial charge in [-0.1, -0.05) is 26.2 Å². The second-order valence-electron chi connectivity index (χ2n) is 8.05. The molecule has 0 bridgehead atoms. The second kappa shape index (κ2) is 11.0. The highest BCUT2D eigenvalue weighted by Crippen LogP contribution is 2.25. The molecule has 2 N–H and O–H groups in total. The van der Waals surface area contributed by atoms with Crippen molar-refractivity contribution in [3.05, 3.63) is 16.1 Å². The number of piperidine rings is 1. The lowest BCUT2D eigenvalue weighted by Crippen LogP contribution is -2.49. The number of aromatic nitrogens is 1. The molecule has 3 rings (SSSR count). The monoisotopic (exact) mass is 391 g/mol. The van der Waals surface area contributed by atoms with Crippen LogP contribution in [0.25, 0.3) is 0 Å². The van der Waals surface area contributed by atoms with Crippen LogP contribution in [0.2, 0.25) is 0 Å². The van der Waals surface area contributed by atoms with Gasteiger partial charge in [-0.25, -0.2) is 4.98 Å². The van der Waals surface area contributed by atoms with Crippen molar-refractivity contribution < 1.29 is 0 Å². The molecule has 0 aromatic carbocycles. The third-order valence-corrected chi connectivity index (χ3v) is 7.18. The summed E-state index contributed by atoms with van der Waals surface area (Å²) in [4.78, 5) is 13.0. The lowest BCUT2D eigenvalue weighted by molar-refractivity contribution is 0.160. The molecule has 0 unspecified atom stereocenters. The van der Waals surface area contributed by atoms with Gasteiger partial charge in [-0.3, -0.25) is 4.99 Å². The van der Waals surface area contributed by atoms with Gasteiger partial charge in [0.25, 0.3) is 0 Å². The van der Waals surface area contributed by atoms with Crippen LogP contribution in [0.5, 0.6) is 0 Å². The number of likely N-dealkylation sites (tertiary alicyclic amines) is 1. The van der Waals surface area contributed by atoms with Crippen LogP contribution in [0, 0.1) is 5.92 Å². The van der Waals surface area contributed by atoms with Gasteiger partial charge in [0.05, 0.1) is 5.01 Å². The maximum absolute atomic E-state index is 4.49. The number of thiazole rings is 1. The van der Waals surface area contributed by atoms with Crippen molar-refractivity contribution in [3.8, 4) is 0 Å². The van der Waals surface area contributed by atoms with Crippen LogP contribution in [-0.4, -0.2) is 55.1 Å². The third kappa shape index (κ3) is 6.75. The average molecular weight is 392 g/mol. The Balaban J connectivity index is 1.33. The molecule has 1 aromatic heterocycles. The van der Waals surface area contributed by atoms with E-state index in [0.29, 0.717) is 6.04 Å². The van der Waals surface area contributed by atoms with Crippen molar-refractivity contribution in [2.24, 2.45) is 10.9 Å². The van der Waals surface area contributed by atoms with E-state index in [0.717, 1.165) is 31.3 Å². The van der Waals surface area contributed by atoms with E-state index in [-0.39, 0.29) is 0 Å². The predicted molar refractivity (Wildman–Crippen MR) is 116 cm³/mol. The van der Waals surface area contributed by atoms with Gasteiger partial charge in [0.2, 0.25) is 0 Å². The average Bonchev–Trinajstić information content (AvgIpc) is 3.17. The molecule has 1 aliphatic carbocycles.